The van der Waals surface area contributed by atoms with E-state index in [0.29, 0.717) is 12.4 Å². The second-order valence-corrected chi connectivity index (χ2v) is 6.90. The van der Waals surface area contributed by atoms with Crippen molar-refractivity contribution in [2.45, 2.75) is 20.5 Å². The minimum absolute atomic E-state index is 0.257. The smallest absolute Gasteiger partial charge is 0.231 e. The van der Waals surface area contributed by atoms with Crippen molar-refractivity contribution in [3.63, 3.8) is 0 Å². The molecule has 3 aromatic carbocycles. The predicted octanol–water partition coefficient (Wildman–Crippen LogP) is 4.94. The lowest BCUT2D eigenvalue weighted by molar-refractivity contribution is 0.174. The third-order valence-electron chi connectivity index (χ3n) is 5.40. The summed E-state index contributed by atoms with van der Waals surface area (Å²) in [6.07, 6.45) is 0. The first-order valence-corrected chi connectivity index (χ1v) is 8.62. The topological polar surface area (TPSA) is 53.7 Å². The van der Waals surface area contributed by atoms with Crippen LogP contribution in [0.25, 0.3) is 27.7 Å². The Morgan fingerprint density at radius 3 is 2.42 bits per heavy atom. The van der Waals surface area contributed by atoms with Gasteiger partial charge in [-0.25, -0.2) is 0 Å². The van der Waals surface area contributed by atoms with E-state index in [-0.39, 0.29) is 6.79 Å². The van der Waals surface area contributed by atoms with Gasteiger partial charge in [-0.1, -0.05) is 18.7 Å². The van der Waals surface area contributed by atoms with E-state index in [4.69, 9.17) is 19.9 Å². The first-order valence-electron chi connectivity index (χ1n) is 8.62. The molecule has 0 atom stereocenters. The lowest BCUT2D eigenvalue weighted by Gasteiger charge is -2.17. The lowest BCUT2D eigenvalue weighted by atomic mass is 9.87. The molecule has 2 aliphatic rings. The monoisotopic (exact) mass is 345 g/mol. The SMILES string of the molecule is C=C1OCc2c1c(-c1ccc3c(c1)OCO3)c1cc(C)c(C)cc1c2N. The summed E-state index contributed by atoms with van der Waals surface area (Å²) in [5.74, 6) is 2.20. The molecule has 0 aliphatic carbocycles. The van der Waals surface area contributed by atoms with Crippen LogP contribution < -0.4 is 15.2 Å². The molecule has 130 valence electrons. The van der Waals surface area contributed by atoms with Crippen LogP contribution in [0.1, 0.15) is 22.3 Å². The van der Waals surface area contributed by atoms with E-state index in [2.05, 4.69) is 38.6 Å². The van der Waals surface area contributed by atoms with Crippen molar-refractivity contribution in [3.05, 3.63) is 59.2 Å². The highest BCUT2D eigenvalue weighted by Gasteiger charge is 2.27. The molecule has 0 saturated heterocycles. The van der Waals surface area contributed by atoms with Crippen LogP contribution in [0.3, 0.4) is 0 Å². The zero-order valence-corrected chi connectivity index (χ0v) is 14.8. The molecule has 0 unspecified atom stereocenters. The molecular weight excluding hydrogens is 326 g/mol. The quantitative estimate of drug-likeness (QED) is 0.635. The predicted molar refractivity (Wildman–Crippen MR) is 103 cm³/mol. The number of nitrogens with two attached hydrogens (primary N) is 1. The van der Waals surface area contributed by atoms with Gasteiger partial charge in [-0.15, -0.1) is 0 Å². The standard InChI is InChI=1S/C22H19NO3/c1-11-6-15-16(7-12(11)2)22(23)17-9-24-13(3)20(17)21(15)14-4-5-18-19(8-14)26-10-25-18/h4-8H,3,9-10,23H2,1-2H3. The molecule has 0 amide bonds. The zero-order valence-electron chi connectivity index (χ0n) is 14.8. The highest BCUT2D eigenvalue weighted by molar-refractivity contribution is 6.09. The molecule has 26 heavy (non-hydrogen) atoms. The van der Waals surface area contributed by atoms with Crippen molar-refractivity contribution in [1.29, 1.82) is 0 Å². The Morgan fingerprint density at radius 2 is 1.62 bits per heavy atom. The van der Waals surface area contributed by atoms with Crippen LogP contribution in [-0.4, -0.2) is 6.79 Å². The molecule has 0 spiro atoms. The van der Waals surface area contributed by atoms with Crippen LogP contribution in [0.2, 0.25) is 0 Å². The Kier molecular flexibility index (Phi) is 3.02. The van der Waals surface area contributed by atoms with Gasteiger partial charge in [0, 0.05) is 27.8 Å². The summed E-state index contributed by atoms with van der Waals surface area (Å²) in [6.45, 7) is 9.05. The Hall–Kier alpha value is -3.14. The maximum atomic E-state index is 6.52. The zero-order chi connectivity index (χ0) is 18.0. The average Bonchev–Trinajstić information content (AvgIpc) is 3.24. The summed E-state index contributed by atoms with van der Waals surface area (Å²) >= 11 is 0. The Labute approximate surface area is 151 Å². The van der Waals surface area contributed by atoms with Gasteiger partial charge in [0.05, 0.1) is 0 Å². The Morgan fingerprint density at radius 1 is 0.885 bits per heavy atom. The van der Waals surface area contributed by atoms with E-state index in [1.807, 2.05) is 12.1 Å². The van der Waals surface area contributed by atoms with Gasteiger partial charge in [0.1, 0.15) is 12.4 Å². The Balaban J connectivity index is 1.92. The number of aryl methyl sites for hydroxylation is 2. The van der Waals surface area contributed by atoms with Crippen LogP contribution in [0.5, 0.6) is 11.5 Å². The summed E-state index contributed by atoms with van der Waals surface area (Å²) in [6, 6.07) is 10.4. The van der Waals surface area contributed by atoms with E-state index < -0.39 is 0 Å². The van der Waals surface area contributed by atoms with Crippen LogP contribution in [-0.2, 0) is 11.3 Å². The van der Waals surface area contributed by atoms with Crippen molar-refractivity contribution in [3.8, 4) is 22.6 Å². The second-order valence-electron chi connectivity index (χ2n) is 6.90. The van der Waals surface area contributed by atoms with Crippen LogP contribution >= 0.6 is 0 Å². The molecule has 2 aliphatic heterocycles. The average molecular weight is 345 g/mol. The van der Waals surface area contributed by atoms with Crippen molar-refractivity contribution >= 4 is 22.2 Å². The summed E-state index contributed by atoms with van der Waals surface area (Å²) in [7, 11) is 0. The fourth-order valence-corrected chi connectivity index (χ4v) is 3.87. The molecule has 3 aromatic rings. The molecule has 2 N–H and O–H groups in total. The number of benzene rings is 3. The molecule has 5 rings (SSSR count). The van der Waals surface area contributed by atoms with E-state index in [1.54, 1.807) is 0 Å². The summed E-state index contributed by atoms with van der Waals surface area (Å²) < 4.78 is 16.8. The number of ether oxygens (including phenoxy) is 3. The molecule has 0 saturated carbocycles. The van der Waals surface area contributed by atoms with Crippen LogP contribution in [0.15, 0.2) is 36.9 Å². The highest BCUT2D eigenvalue weighted by atomic mass is 16.7. The third-order valence-corrected chi connectivity index (χ3v) is 5.40. The number of hydrogen-bond acceptors (Lipinski definition) is 4. The van der Waals surface area contributed by atoms with Gasteiger partial charge in [0.25, 0.3) is 0 Å². The van der Waals surface area contributed by atoms with Gasteiger partial charge in [-0.2, -0.15) is 0 Å². The minimum atomic E-state index is 0.257. The number of fused-ring (bicyclic) bond motifs is 3. The summed E-state index contributed by atoms with van der Waals surface area (Å²) in [5.41, 5.74) is 13.9. The fraction of sp³-hybridized carbons (Fsp3) is 0.182. The molecule has 2 heterocycles. The fourth-order valence-electron chi connectivity index (χ4n) is 3.87. The first-order chi connectivity index (χ1) is 12.5. The minimum Gasteiger partial charge on any atom is -0.489 e. The van der Waals surface area contributed by atoms with Crippen LogP contribution in [0.4, 0.5) is 5.69 Å². The third kappa shape index (κ3) is 1.96. The van der Waals surface area contributed by atoms with Gasteiger partial charge in [0.15, 0.2) is 11.5 Å². The van der Waals surface area contributed by atoms with Gasteiger partial charge in [-0.05, 0) is 54.1 Å². The van der Waals surface area contributed by atoms with Crippen molar-refractivity contribution in [1.82, 2.24) is 0 Å². The molecule has 0 bridgehead atoms. The van der Waals surface area contributed by atoms with E-state index >= 15 is 0 Å². The molecule has 4 nitrogen and oxygen atoms in total. The van der Waals surface area contributed by atoms with Crippen molar-refractivity contribution in [2.24, 2.45) is 0 Å². The van der Waals surface area contributed by atoms with E-state index in [1.165, 1.54) is 11.1 Å². The number of nitrogen functional groups attached to an aromatic ring is 1. The van der Waals surface area contributed by atoms with Gasteiger partial charge in [0.2, 0.25) is 6.79 Å². The largest absolute Gasteiger partial charge is 0.489 e. The van der Waals surface area contributed by atoms with Gasteiger partial charge >= 0.3 is 0 Å². The Bertz CT molecular complexity index is 1110. The lowest BCUT2D eigenvalue weighted by Crippen LogP contribution is -2.00. The normalized spacial score (nSPS) is 14.6. The van der Waals surface area contributed by atoms with Crippen molar-refractivity contribution in [2.75, 3.05) is 12.5 Å². The van der Waals surface area contributed by atoms with Crippen LogP contribution in [0, 0.1) is 13.8 Å². The van der Waals surface area contributed by atoms with E-state index in [0.717, 1.165) is 50.2 Å². The molecule has 0 radical (unpaired) electrons. The number of hydrogen-bond donors (Lipinski definition) is 1. The molecule has 0 fully saturated rings. The van der Waals surface area contributed by atoms with Gasteiger partial charge in [-0.3, -0.25) is 0 Å². The maximum absolute atomic E-state index is 6.52. The van der Waals surface area contributed by atoms with Gasteiger partial charge < -0.3 is 19.9 Å². The summed E-state index contributed by atoms with van der Waals surface area (Å²) in [5, 5.41) is 2.16. The molecule has 4 heteroatoms. The highest BCUT2D eigenvalue weighted by Crippen LogP contribution is 2.47. The number of anilines is 1. The van der Waals surface area contributed by atoms with Crippen molar-refractivity contribution < 1.29 is 14.2 Å². The first kappa shape index (κ1) is 15.1. The molecule has 0 aromatic heterocycles. The summed E-state index contributed by atoms with van der Waals surface area (Å²) in [4.78, 5) is 0. The second kappa shape index (κ2) is 5.18. The maximum Gasteiger partial charge on any atom is 0.231 e. The molecular formula is C22H19NO3. The van der Waals surface area contributed by atoms with E-state index in [9.17, 15) is 0 Å². The number of rotatable bonds is 1.